The van der Waals surface area contributed by atoms with Gasteiger partial charge in [-0.2, -0.15) is 0 Å². The first-order valence-corrected chi connectivity index (χ1v) is 10.4. The van der Waals surface area contributed by atoms with Crippen LogP contribution >= 0.6 is 0 Å². The fourth-order valence-electron chi connectivity index (χ4n) is 2.48. The minimum atomic E-state index is -0.404. The Hall–Kier alpha value is 0.220. The quantitative estimate of drug-likeness (QED) is 0.543. The molecule has 0 atom stereocenters. The Morgan fingerprint density at radius 1 is 0.938 bits per heavy atom. The summed E-state index contributed by atoms with van der Waals surface area (Å²) in [5, 5.41) is 0. The molecule has 0 spiro atoms. The van der Waals surface area contributed by atoms with E-state index < -0.39 is 19.8 Å². The van der Waals surface area contributed by atoms with Crippen molar-refractivity contribution in [1.29, 1.82) is 0 Å². The molecule has 0 aliphatic heterocycles. The molecule has 0 aromatic carbocycles. The predicted octanol–water partition coefficient (Wildman–Crippen LogP) is 5.54. The van der Waals surface area contributed by atoms with Crippen LogP contribution in [0.4, 0.5) is 0 Å². The van der Waals surface area contributed by atoms with Gasteiger partial charge in [0, 0.05) is 0 Å². The molecule has 0 bridgehead atoms. The molecule has 1 heteroatoms. The van der Waals surface area contributed by atoms with Crippen molar-refractivity contribution in [2.75, 3.05) is 0 Å². The second-order valence-corrected chi connectivity index (χ2v) is 11.1. The molecule has 0 radical (unpaired) electrons. The van der Waals surface area contributed by atoms with Crippen LogP contribution < -0.4 is 0 Å². The van der Waals surface area contributed by atoms with E-state index in [1.807, 2.05) is 0 Å². The summed E-state index contributed by atoms with van der Waals surface area (Å²) in [7, 11) is 0. The summed E-state index contributed by atoms with van der Waals surface area (Å²) in [6.45, 7) is 14.2. The van der Waals surface area contributed by atoms with Crippen LogP contribution in [0.5, 0.6) is 0 Å². The molecule has 1 rings (SSSR count). The van der Waals surface area contributed by atoms with E-state index in [0.717, 1.165) is 0 Å². The maximum atomic E-state index is 2.51. The normalized spacial score (nSPS) is 19.6. The monoisotopic (exact) mass is 387 g/mol. The Labute approximate surface area is 111 Å². The number of unbranched alkanes of at least 4 members (excludes halogenated alkanes) is 2. The van der Waals surface area contributed by atoms with Crippen molar-refractivity contribution in [3.05, 3.63) is 22.3 Å². The first kappa shape index (κ1) is 14.3. The second-order valence-electron chi connectivity index (χ2n) is 5.16. The number of rotatable bonds is 5. The van der Waals surface area contributed by atoms with Gasteiger partial charge in [0.05, 0.1) is 0 Å². The van der Waals surface area contributed by atoms with Crippen LogP contribution in [-0.2, 0) is 19.8 Å². The first-order chi connectivity index (χ1) is 7.45. The van der Waals surface area contributed by atoms with Crippen LogP contribution in [0.15, 0.2) is 22.3 Å². The summed E-state index contributed by atoms with van der Waals surface area (Å²) in [4.78, 5) is 0. The third-order valence-electron chi connectivity index (χ3n) is 4.34. The fourth-order valence-corrected chi connectivity index (χ4v) is 8.36. The van der Waals surface area contributed by atoms with Crippen molar-refractivity contribution in [2.24, 2.45) is 0 Å². The van der Waals surface area contributed by atoms with Crippen molar-refractivity contribution >= 4 is 0 Å². The summed E-state index contributed by atoms with van der Waals surface area (Å²) in [6.07, 6.45) is 4.27. The predicted molar refractivity (Wildman–Crippen MR) is 69.4 cm³/mol. The Bertz CT molecular complexity index is 296. The molecule has 0 fully saturated rings. The van der Waals surface area contributed by atoms with Gasteiger partial charge < -0.3 is 0 Å². The maximum absolute atomic E-state index is 2.51. The zero-order valence-electron chi connectivity index (χ0n) is 11.8. The van der Waals surface area contributed by atoms with Crippen molar-refractivity contribution in [3.8, 4) is 0 Å². The van der Waals surface area contributed by atoms with Crippen molar-refractivity contribution in [3.63, 3.8) is 0 Å². The third kappa shape index (κ3) is 2.55. The van der Waals surface area contributed by atoms with E-state index in [4.69, 9.17) is 0 Å². The van der Waals surface area contributed by atoms with E-state index in [9.17, 15) is 0 Å². The van der Waals surface area contributed by atoms with Gasteiger partial charge in [-0.25, -0.2) is 0 Å². The Kier molecular flexibility index (Phi) is 5.10. The number of allylic oxidation sites excluding steroid dienone is 4. The molecule has 0 unspecified atom stereocenters. The van der Waals surface area contributed by atoms with E-state index in [1.165, 1.54) is 19.3 Å². The zero-order chi connectivity index (χ0) is 12.3. The minimum absolute atomic E-state index is 0.404. The molecule has 0 N–H and O–H groups in total. The summed E-state index contributed by atoms with van der Waals surface area (Å²) in [5.41, 5.74) is 6.55. The molecule has 1 aliphatic rings. The van der Waals surface area contributed by atoms with Gasteiger partial charge in [-0.15, -0.1) is 0 Å². The molecular formula is C15H26Ta. The van der Waals surface area contributed by atoms with Crippen LogP contribution in [0.1, 0.15) is 60.8 Å². The average Bonchev–Trinajstić information content (AvgIpc) is 2.42. The molecule has 91 valence electrons. The van der Waals surface area contributed by atoms with Crippen LogP contribution in [0, 0.1) is 0 Å². The van der Waals surface area contributed by atoms with E-state index in [0.29, 0.717) is 3.63 Å². The van der Waals surface area contributed by atoms with Crippen molar-refractivity contribution in [1.82, 2.24) is 0 Å². The average molecular weight is 387 g/mol. The Morgan fingerprint density at radius 2 is 1.44 bits per heavy atom. The van der Waals surface area contributed by atoms with Gasteiger partial charge in [0.25, 0.3) is 0 Å². The van der Waals surface area contributed by atoms with Gasteiger partial charge in [-0.1, -0.05) is 0 Å². The summed E-state index contributed by atoms with van der Waals surface area (Å²) in [5.74, 6) is 0. The molecule has 0 saturated heterocycles. The summed E-state index contributed by atoms with van der Waals surface area (Å²) in [6, 6.07) is 0. The molecule has 0 heterocycles. The molecule has 0 nitrogen and oxygen atoms in total. The summed E-state index contributed by atoms with van der Waals surface area (Å²) >= 11 is -0.404. The number of hydrogen-bond donors (Lipinski definition) is 0. The Morgan fingerprint density at radius 3 is 1.88 bits per heavy atom. The zero-order valence-corrected chi connectivity index (χ0v) is 15.0. The van der Waals surface area contributed by atoms with E-state index in [-0.39, 0.29) is 0 Å². The number of hydrogen-bond acceptors (Lipinski definition) is 0. The van der Waals surface area contributed by atoms with E-state index in [1.54, 1.807) is 26.9 Å². The molecule has 0 aromatic rings. The van der Waals surface area contributed by atoms with Gasteiger partial charge in [0.1, 0.15) is 0 Å². The van der Waals surface area contributed by atoms with Gasteiger partial charge >= 0.3 is 111 Å². The van der Waals surface area contributed by atoms with Crippen LogP contribution in [0.25, 0.3) is 0 Å². The molecular weight excluding hydrogens is 361 g/mol. The van der Waals surface area contributed by atoms with Crippen molar-refractivity contribution in [2.45, 2.75) is 69.1 Å². The fraction of sp³-hybridized carbons (Fsp3) is 0.733. The van der Waals surface area contributed by atoms with Gasteiger partial charge in [-0.05, 0) is 0 Å². The third-order valence-corrected chi connectivity index (χ3v) is 11.0. The molecule has 16 heavy (non-hydrogen) atoms. The molecule has 0 amide bonds. The SMILES string of the molecule is CCCC[CH2][Ta][C]1(C)C(C)=C(C)C(C)=C1C. The van der Waals surface area contributed by atoms with Gasteiger partial charge in [0.2, 0.25) is 0 Å². The molecule has 0 aromatic heterocycles. The standard InChI is InChI=1S/C10H15.C5H11.Ta/c1-6-7(2)9(4)10(5)8(6)3;1-3-5-4-2;/h1-5H3;1,3-5H2,2H3;. The van der Waals surface area contributed by atoms with Gasteiger partial charge in [0.15, 0.2) is 0 Å². The van der Waals surface area contributed by atoms with E-state index >= 15 is 0 Å². The summed E-state index contributed by atoms with van der Waals surface area (Å²) < 4.78 is 2.10. The van der Waals surface area contributed by atoms with E-state index in [2.05, 4.69) is 41.5 Å². The molecule has 1 aliphatic carbocycles. The second kappa shape index (κ2) is 5.71. The molecule has 0 saturated carbocycles. The Balaban J connectivity index is 2.71. The first-order valence-electron chi connectivity index (χ1n) is 6.50. The van der Waals surface area contributed by atoms with Crippen LogP contribution in [0.2, 0.25) is 8.27 Å². The van der Waals surface area contributed by atoms with Crippen molar-refractivity contribution < 1.29 is 19.8 Å². The van der Waals surface area contributed by atoms with Crippen LogP contribution in [-0.4, -0.2) is 0 Å². The van der Waals surface area contributed by atoms with Gasteiger partial charge in [-0.3, -0.25) is 0 Å². The topological polar surface area (TPSA) is 0 Å². The van der Waals surface area contributed by atoms with Crippen LogP contribution in [0.3, 0.4) is 0 Å².